The molecule has 0 heterocycles. The van der Waals surface area contributed by atoms with Crippen LogP contribution in [0.2, 0.25) is 0 Å². The molecule has 1 aromatic rings. The van der Waals surface area contributed by atoms with Gasteiger partial charge in [-0.15, -0.1) is 0 Å². The average molecular weight is 324 g/mol. The minimum Gasteiger partial charge on any atom is -0.0622 e. The molecule has 1 aliphatic rings. The predicted octanol–water partition coefficient (Wildman–Crippen LogP) is 4.08. The molecule has 0 atom stereocenters. The molecule has 0 amide bonds. The van der Waals surface area contributed by atoms with E-state index >= 15 is 0 Å². The molecule has 4 heteroatoms. The summed E-state index contributed by atoms with van der Waals surface area (Å²) in [6, 6.07) is 10.9. The van der Waals surface area contributed by atoms with Gasteiger partial charge in [0.2, 0.25) is 0 Å². The fraction of sp³-hybridized carbons (Fsp3) is 0.471. The summed E-state index contributed by atoms with van der Waals surface area (Å²) in [7, 11) is 0. The van der Waals surface area contributed by atoms with Crippen molar-refractivity contribution in [3.8, 4) is 0 Å². The van der Waals surface area contributed by atoms with Crippen LogP contribution in [0.4, 0.5) is 0 Å². The van der Waals surface area contributed by atoms with Crippen LogP contribution in [0.5, 0.6) is 0 Å². The van der Waals surface area contributed by atoms with Crippen LogP contribution in [0.15, 0.2) is 30.3 Å². The maximum Gasteiger partial charge on any atom is 0 e. The van der Waals surface area contributed by atoms with Crippen LogP contribution >= 0.6 is 0 Å². The Balaban J connectivity index is -0.000000414. The summed E-state index contributed by atoms with van der Waals surface area (Å²) in [4.78, 5) is 0. The normalized spacial score (nSPS) is 11.9. The largest absolute Gasteiger partial charge is 0.0622 e. The molecule has 1 saturated carbocycles. The summed E-state index contributed by atoms with van der Waals surface area (Å²) in [6.45, 7) is 13.5. The Morgan fingerprint density at radius 1 is 0.857 bits per heavy atom. The first-order valence-electron chi connectivity index (χ1n) is 6.60. The van der Waals surface area contributed by atoms with Crippen molar-refractivity contribution in [2.75, 3.05) is 0 Å². The standard InChI is InChI=1S/C14H20.3CO.Cr/c1-2-7-13(8-3-1)11-6-12-14-9-4-5-10-14;3*1-2;/h1-3,7-8,14H,4-6,9-12H2;;;;. The van der Waals surface area contributed by atoms with E-state index in [2.05, 4.69) is 50.3 Å². The molecule has 0 aromatic heterocycles. The van der Waals surface area contributed by atoms with Gasteiger partial charge in [-0.1, -0.05) is 62.4 Å². The molecule has 112 valence electrons. The SMILES string of the molecule is [C-]#[O+].[C-]#[O+].[C-]#[O+].[Cr].c1ccc(CCCC2CCCC2)cc1. The van der Waals surface area contributed by atoms with Crippen LogP contribution in [0.1, 0.15) is 44.1 Å². The Morgan fingerprint density at radius 2 is 1.33 bits per heavy atom. The molecule has 1 aliphatic carbocycles. The van der Waals surface area contributed by atoms with Gasteiger partial charge in [0.25, 0.3) is 0 Å². The van der Waals surface area contributed by atoms with E-state index < -0.39 is 0 Å². The minimum atomic E-state index is 0. The zero-order valence-corrected chi connectivity index (χ0v) is 13.3. The van der Waals surface area contributed by atoms with E-state index in [1.165, 1.54) is 50.5 Å². The molecule has 0 saturated heterocycles. The first-order valence-corrected chi connectivity index (χ1v) is 6.60. The van der Waals surface area contributed by atoms with Crippen molar-refractivity contribution in [2.24, 2.45) is 5.92 Å². The van der Waals surface area contributed by atoms with Crippen molar-refractivity contribution in [2.45, 2.75) is 44.9 Å². The van der Waals surface area contributed by atoms with Gasteiger partial charge in [-0.2, -0.15) is 0 Å². The van der Waals surface area contributed by atoms with E-state index in [4.69, 9.17) is 14.0 Å². The molecule has 1 fully saturated rings. The van der Waals surface area contributed by atoms with Crippen molar-refractivity contribution < 1.29 is 31.3 Å². The van der Waals surface area contributed by atoms with Crippen LogP contribution < -0.4 is 0 Å². The molecule has 0 radical (unpaired) electrons. The van der Waals surface area contributed by atoms with Crippen molar-refractivity contribution in [1.29, 1.82) is 0 Å². The summed E-state index contributed by atoms with van der Waals surface area (Å²) in [5.74, 6) is 1.05. The van der Waals surface area contributed by atoms with Crippen LogP contribution in [-0.4, -0.2) is 0 Å². The Labute approximate surface area is 138 Å². The van der Waals surface area contributed by atoms with Gasteiger partial charge >= 0.3 is 33.9 Å². The number of hydrogen-bond acceptors (Lipinski definition) is 0. The smallest absolute Gasteiger partial charge is 0 e. The second-order valence-electron chi connectivity index (χ2n) is 4.53. The maximum atomic E-state index is 7.50. The Kier molecular flexibility index (Phi) is 25.3. The predicted molar refractivity (Wildman–Crippen MR) is 73.1 cm³/mol. The monoisotopic (exact) mass is 324 g/mol. The summed E-state index contributed by atoms with van der Waals surface area (Å²) in [5, 5.41) is 0. The Bertz CT molecular complexity index is 350. The zero-order chi connectivity index (χ0) is 15.6. The van der Waals surface area contributed by atoms with Crippen molar-refractivity contribution in [3.63, 3.8) is 0 Å². The minimum absolute atomic E-state index is 0. The first-order chi connectivity index (χ1) is 9.95. The van der Waals surface area contributed by atoms with Crippen molar-refractivity contribution in [3.05, 3.63) is 55.8 Å². The summed E-state index contributed by atoms with van der Waals surface area (Å²) >= 11 is 0. The van der Waals surface area contributed by atoms with Crippen molar-refractivity contribution >= 4 is 0 Å². The molecular weight excluding hydrogens is 304 g/mol. The van der Waals surface area contributed by atoms with Gasteiger partial charge in [0, 0.05) is 17.4 Å². The van der Waals surface area contributed by atoms with Gasteiger partial charge in [0.05, 0.1) is 0 Å². The van der Waals surface area contributed by atoms with E-state index in [1.54, 1.807) is 0 Å². The fourth-order valence-electron chi connectivity index (χ4n) is 2.54. The second kappa shape index (κ2) is 21.3. The van der Waals surface area contributed by atoms with Gasteiger partial charge in [-0.05, 0) is 24.3 Å². The third-order valence-electron chi connectivity index (χ3n) is 3.40. The Hall–Kier alpha value is -1.03. The van der Waals surface area contributed by atoms with Gasteiger partial charge in [0.1, 0.15) is 0 Å². The molecule has 3 nitrogen and oxygen atoms in total. The fourth-order valence-corrected chi connectivity index (χ4v) is 2.54. The second-order valence-corrected chi connectivity index (χ2v) is 4.53. The van der Waals surface area contributed by atoms with E-state index in [9.17, 15) is 0 Å². The zero-order valence-electron chi connectivity index (χ0n) is 12.0. The number of hydrogen-bond donors (Lipinski definition) is 0. The van der Waals surface area contributed by atoms with E-state index in [0.717, 1.165) is 5.92 Å². The molecule has 0 aliphatic heterocycles. The average Bonchev–Trinajstić information content (AvgIpc) is 3.08. The third-order valence-corrected chi connectivity index (χ3v) is 3.40. The van der Waals surface area contributed by atoms with E-state index in [-0.39, 0.29) is 17.4 Å². The molecule has 0 unspecified atom stereocenters. The number of rotatable bonds is 4. The first kappa shape index (κ1) is 25.0. The van der Waals surface area contributed by atoms with Gasteiger partial charge in [-0.25, -0.2) is 0 Å². The third kappa shape index (κ3) is 13.7. The molecule has 0 spiro atoms. The van der Waals surface area contributed by atoms with Gasteiger partial charge in [-0.3, -0.25) is 0 Å². The summed E-state index contributed by atoms with van der Waals surface area (Å²) in [6.07, 6.45) is 10.1. The molecular formula is C17H20CrO3. The van der Waals surface area contributed by atoms with Gasteiger partial charge in [0.15, 0.2) is 0 Å². The van der Waals surface area contributed by atoms with Crippen LogP contribution in [0.25, 0.3) is 0 Å². The molecule has 2 rings (SSSR count). The molecule has 21 heavy (non-hydrogen) atoms. The number of aryl methyl sites for hydroxylation is 1. The maximum absolute atomic E-state index is 7.50. The molecule has 0 N–H and O–H groups in total. The summed E-state index contributed by atoms with van der Waals surface area (Å²) in [5.41, 5.74) is 1.51. The quantitative estimate of drug-likeness (QED) is 0.592. The van der Waals surface area contributed by atoms with Crippen LogP contribution in [0.3, 0.4) is 0 Å². The molecule has 0 bridgehead atoms. The van der Waals surface area contributed by atoms with E-state index in [0.29, 0.717) is 0 Å². The van der Waals surface area contributed by atoms with Crippen LogP contribution in [0, 0.1) is 25.9 Å². The topological polar surface area (TPSA) is 59.7 Å². The van der Waals surface area contributed by atoms with Crippen LogP contribution in [-0.2, 0) is 37.7 Å². The number of benzene rings is 1. The van der Waals surface area contributed by atoms with Crippen molar-refractivity contribution in [1.82, 2.24) is 0 Å². The molecule has 1 aromatic carbocycles. The van der Waals surface area contributed by atoms with E-state index in [1.807, 2.05) is 0 Å². The Morgan fingerprint density at radius 3 is 1.81 bits per heavy atom. The van der Waals surface area contributed by atoms with Gasteiger partial charge < -0.3 is 0 Å². The summed E-state index contributed by atoms with van der Waals surface area (Å²) < 4.78 is 22.5.